The average molecular weight is 570 g/mol. The van der Waals surface area contributed by atoms with Crippen LogP contribution in [0.15, 0.2) is 78.9 Å². The van der Waals surface area contributed by atoms with Crippen LogP contribution in [0.25, 0.3) is 0 Å². The molecule has 0 amide bonds. The average Bonchev–Trinajstić information content (AvgIpc) is 2.95. The van der Waals surface area contributed by atoms with Gasteiger partial charge < -0.3 is 37.2 Å². The molecular weight excluding hydrogens is 545 g/mol. The van der Waals surface area contributed by atoms with Crippen LogP contribution in [0.2, 0.25) is 0 Å². The largest absolute Gasteiger partial charge is 4.00 e. The van der Waals surface area contributed by atoms with E-state index >= 15 is 0 Å². The molecule has 4 aromatic rings. The van der Waals surface area contributed by atoms with Gasteiger partial charge in [-0.2, -0.15) is 22.3 Å². The van der Waals surface area contributed by atoms with Crippen LogP contribution in [0.3, 0.4) is 0 Å². The van der Waals surface area contributed by atoms with Gasteiger partial charge in [-0.15, -0.1) is 5.19 Å². The molecule has 0 saturated carbocycles. The topological polar surface area (TPSA) is 0 Å². The van der Waals surface area contributed by atoms with Gasteiger partial charge in [0.05, 0.1) is 0 Å². The van der Waals surface area contributed by atoms with Crippen molar-refractivity contribution in [3.63, 3.8) is 0 Å². The predicted molar refractivity (Wildman–Crippen MR) is 125 cm³/mol. The maximum atomic E-state index is 13.9. The van der Waals surface area contributed by atoms with Gasteiger partial charge in [0.1, 0.15) is 19.7 Å². The predicted octanol–water partition coefficient (Wildman–Crippen LogP) is -4.70. The van der Waals surface area contributed by atoms with E-state index in [1.807, 2.05) is 30.3 Å². The van der Waals surface area contributed by atoms with Crippen molar-refractivity contribution >= 4 is 28.8 Å². The van der Waals surface area contributed by atoms with Crippen molar-refractivity contribution in [1.29, 1.82) is 0 Å². The van der Waals surface area contributed by atoms with E-state index in [4.69, 9.17) is 0 Å². The second-order valence-electron chi connectivity index (χ2n) is 8.00. The molecule has 0 heterocycles. The Morgan fingerprint density at radius 2 is 0.853 bits per heavy atom. The summed E-state index contributed by atoms with van der Waals surface area (Å²) in [5.41, 5.74) is 5.13. The van der Waals surface area contributed by atoms with Crippen molar-refractivity contribution in [3.05, 3.63) is 113 Å². The molecule has 0 bridgehead atoms. The second kappa shape index (κ2) is 13.1. The molecule has 7 heteroatoms. The van der Waals surface area contributed by atoms with E-state index in [0.717, 1.165) is 10.4 Å². The van der Waals surface area contributed by atoms with E-state index < -0.39 is 8.07 Å². The first-order valence-electron chi connectivity index (χ1n) is 10.2. The summed E-state index contributed by atoms with van der Waals surface area (Å²) < 4.78 is 27.9. The van der Waals surface area contributed by atoms with Crippen LogP contribution >= 0.6 is 0 Å². The Morgan fingerprint density at radius 1 is 0.529 bits per heavy atom. The smallest absolute Gasteiger partial charge is 1.00 e. The first-order valence-corrected chi connectivity index (χ1v) is 12.2. The number of benzene rings is 3. The summed E-state index contributed by atoms with van der Waals surface area (Å²) in [6.45, 7) is 8.70. The Morgan fingerprint density at radius 3 is 1.21 bits per heavy atom. The Balaban J connectivity index is 0.00000272. The molecule has 0 spiro atoms. The molecule has 0 aliphatic rings. The SMILES string of the molecule is Cc1c(C)c(C)[c-]([Si](c2ccccc2)(c2ccc(F)cc2)c2ccc(F)cc2)c1C.[Cl-].[Cl-].[Cl-].[Ti+4]. The molecule has 4 rings (SSSR count). The van der Waals surface area contributed by atoms with Gasteiger partial charge in [0.2, 0.25) is 0 Å². The fourth-order valence-corrected chi connectivity index (χ4v) is 10.2. The summed E-state index contributed by atoms with van der Waals surface area (Å²) in [6, 6.07) is 24.2. The van der Waals surface area contributed by atoms with Crippen molar-refractivity contribution in [3.8, 4) is 0 Å². The van der Waals surface area contributed by atoms with Crippen LogP contribution in [0.5, 0.6) is 0 Å². The van der Waals surface area contributed by atoms with Crippen molar-refractivity contribution in [2.75, 3.05) is 0 Å². The summed E-state index contributed by atoms with van der Waals surface area (Å²) >= 11 is 0. The number of hydrogen-bond acceptors (Lipinski definition) is 0. The van der Waals surface area contributed by atoms with E-state index in [-0.39, 0.29) is 70.6 Å². The molecule has 176 valence electrons. The molecule has 0 fully saturated rings. The van der Waals surface area contributed by atoms with Gasteiger partial charge in [-0.05, 0) is 24.3 Å². The quantitative estimate of drug-likeness (QED) is 0.132. The maximum Gasteiger partial charge on any atom is 4.00 e. The van der Waals surface area contributed by atoms with Crippen LogP contribution < -0.4 is 58.0 Å². The molecule has 0 aliphatic carbocycles. The monoisotopic (exact) mass is 568 g/mol. The maximum absolute atomic E-state index is 13.9. The summed E-state index contributed by atoms with van der Waals surface area (Å²) in [4.78, 5) is 0. The summed E-state index contributed by atoms with van der Waals surface area (Å²) in [7, 11) is -2.78. The second-order valence-corrected chi connectivity index (χ2v) is 11.7. The zero-order valence-electron chi connectivity index (χ0n) is 19.4. The van der Waals surface area contributed by atoms with Gasteiger partial charge in [-0.1, -0.05) is 97.9 Å². The number of hydrogen-bond donors (Lipinski definition) is 0. The van der Waals surface area contributed by atoms with Gasteiger partial charge in [0.15, 0.2) is 0 Å². The molecule has 4 aromatic carbocycles. The molecule has 0 aliphatic heterocycles. The van der Waals surface area contributed by atoms with E-state index in [0.29, 0.717) is 0 Å². The van der Waals surface area contributed by atoms with Gasteiger partial charge in [0.25, 0.3) is 0 Å². The van der Waals surface area contributed by atoms with Crippen LogP contribution in [-0.2, 0) is 21.7 Å². The molecule has 0 saturated heterocycles. The number of rotatable bonds is 4. The van der Waals surface area contributed by atoms with Gasteiger partial charge >= 0.3 is 21.7 Å². The van der Waals surface area contributed by atoms with E-state index in [1.165, 1.54) is 56.9 Å². The summed E-state index contributed by atoms with van der Waals surface area (Å²) in [6.07, 6.45) is 0. The number of halogens is 5. The van der Waals surface area contributed by atoms with Crippen molar-refractivity contribution in [1.82, 2.24) is 0 Å². The first kappa shape index (κ1) is 32.7. The molecule has 0 radical (unpaired) electrons. The first-order chi connectivity index (χ1) is 14.4. The Hall–Kier alpha value is -1.33. The Bertz CT molecular complexity index is 1120. The summed E-state index contributed by atoms with van der Waals surface area (Å²) in [5.74, 6) is -0.505. The Labute approximate surface area is 235 Å². The minimum atomic E-state index is -2.78. The zero-order valence-corrected chi connectivity index (χ0v) is 24.2. The molecular formula is C27H25Cl3F2SiTi. The summed E-state index contributed by atoms with van der Waals surface area (Å²) in [5, 5.41) is 4.72. The van der Waals surface area contributed by atoms with Gasteiger partial charge in [-0.25, -0.2) is 8.78 Å². The van der Waals surface area contributed by atoms with E-state index in [1.54, 1.807) is 0 Å². The fourth-order valence-electron chi connectivity index (χ4n) is 4.80. The third-order valence-corrected chi connectivity index (χ3v) is 11.7. The molecule has 0 N–H and O–H groups in total. The molecule has 34 heavy (non-hydrogen) atoms. The van der Waals surface area contributed by atoms with Gasteiger partial charge in [0, 0.05) is 0 Å². The van der Waals surface area contributed by atoms with Crippen molar-refractivity contribution in [2.45, 2.75) is 27.7 Å². The Kier molecular flexibility index (Phi) is 12.6. The van der Waals surface area contributed by atoms with Crippen LogP contribution in [-0.4, -0.2) is 8.07 Å². The van der Waals surface area contributed by atoms with Crippen molar-refractivity contribution in [2.24, 2.45) is 0 Å². The third kappa shape index (κ3) is 5.41. The minimum Gasteiger partial charge on any atom is -1.00 e. The van der Waals surface area contributed by atoms with Crippen LogP contribution in [0.1, 0.15) is 22.3 Å². The molecule has 0 atom stereocenters. The van der Waals surface area contributed by atoms with Crippen LogP contribution in [0.4, 0.5) is 8.78 Å². The fraction of sp³-hybridized carbons (Fsp3) is 0.148. The standard InChI is InChI=1S/C27H25F2Si.3ClH.Ti/c1-18-19(2)21(4)27(20(18)3)30(24-8-6-5-7-9-24,25-14-10-22(28)11-15-25)26-16-12-23(29)13-17-26;;;;/h5-17H,1-4H3;3*1H;/q-1;;;;+4/p-3. The molecule has 0 unspecified atom stereocenters. The van der Waals surface area contributed by atoms with Crippen LogP contribution in [0, 0.1) is 39.3 Å². The molecule has 0 nitrogen and oxygen atoms in total. The van der Waals surface area contributed by atoms with Crippen molar-refractivity contribution < 1.29 is 67.7 Å². The zero-order chi connectivity index (χ0) is 21.5. The molecule has 0 aromatic heterocycles. The van der Waals surface area contributed by atoms with E-state index in [2.05, 4.69) is 52.0 Å². The minimum absolute atomic E-state index is 0. The normalized spacial score (nSPS) is 10.3. The van der Waals surface area contributed by atoms with E-state index in [9.17, 15) is 8.78 Å². The third-order valence-electron chi connectivity index (χ3n) is 6.57. The van der Waals surface area contributed by atoms with Gasteiger partial charge in [-0.3, -0.25) is 0 Å².